The van der Waals surface area contributed by atoms with Crippen LogP contribution in [-0.4, -0.2) is 48.9 Å². The highest BCUT2D eigenvalue weighted by Crippen LogP contribution is 2.41. The van der Waals surface area contributed by atoms with Crippen molar-refractivity contribution in [2.45, 2.75) is 44.8 Å². The molecule has 3 heterocycles. The molecule has 1 aliphatic carbocycles. The summed E-state index contributed by atoms with van der Waals surface area (Å²) in [6, 6.07) is 0. The fraction of sp³-hybridized carbons (Fsp3) is 0.824. The molecule has 22 heavy (non-hydrogen) atoms. The molecule has 0 radical (unpaired) electrons. The average Bonchev–Trinajstić information content (AvgIpc) is 3.22. The number of likely N-dealkylation sites (tertiary alicyclic amines) is 1. The summed E-state index contributed by atoms with van der Waals surface area (Å²) in [5.41, 5.74) is 0.211. The lowest BCUT2D eigenvalue weighted by Crippen LogP contribution is -2.56. The first kappa shape index (κ1) is 15.1. The molecule has 2 aliphatic heterocycles. The summed E-state index contributed by atoms with van der Waals surface area (Å²) in [5.74, 6) is 0.842. The number of rotatable bonds is 6. The Kier molecular flexibility index (Phi) is 4.49. The molecular weight excluding hydrogens is 296 g/mol. The van der Waals surface area contributed by atoms with Crippen LogP contribution in [0.15, 0.2) is 11.6 Å². The summed E-state index contributed by atoms with van der Waals surface area (Å²) in [5, 5.41) is 3.30. The Labute approximate surface area is 136 Å². The Hall–Kier alpha value is -0.490. The van der Waals surface area contributed by atoms with E-state index in [-0.39, 0.29) is 5.41 Å². The van der Waals surface area contributed by atoms with Crippen molar-refractivity contribution in [1.29, 1.82) is 0 Å². The van der Waals surface area contributed by atoms with E-state index in [0.29, 0.717) is 6.10 Å². The van der Waals surface area contributed by atoms with Crippen LogP contribution in [-0.2, 0) is 16.0 Å². The van der Waals surface area contributed by atoms with Gasteiger partial charge in [0.25, 0.3) is 0 Å². The number of hydrogen-bond donors (Lipinski definition) is 0. The average molecular weight is 322 g/mol. The maximum atomic E-state index is 6.12. The number of piperidine rings is 1. The van der Waals surface area contributed by atoms with Crippen LogP contribution >= 0.6 is 11.3 Å². The Morgan fingerprint density at radius 3 is 3.18 bits per heavy atom. The summed E-state index contributed by atoms with van der Waals surface area (Å²) in [6.45, 7) is 5.97. The summed E-state index contributed by atoms with van der Waals surface area (Å²) < 4.78 is 12.2. The summed E-state index contributed by atoms with van der Waals surface area (Å²) >= 11 is 1.76. The van der Waals surface area contributed by atoms with Crippen LogP contribution in [0.25, 0.3) is 0 Å². The van der Waals surface area contributed by atoms with Gasteiger partial charge in [0.2, 0.25) is 0 Å². The molecular formula is C17H26N2O2S. The minimum absolute atomic E-state index is 0.211. The zero-order chi connectivity index (χ0) is 14.8. The maximum Gasteiger partial charge on any atom is 0.107 e. The summed E-state index contributed by atoms with van der Waals surface area (Å²) in [7, 11) is 0. The molecule has 2 saturated heterocycles. The highest BCUT2D eigenvalue weighted by atomic mass is 32.1. The molecule has 0 amide bonds. The topological polar surface area (TPSA) is 34.6 Å². The van der Waals surface area contributed by atoms with E-state index in [0.717, 1.165) is 51.8 Å². The Morgan fingerprint density at radius 2 is 2.36 bits per heavy atom. The van der Waals surface area contributed by atoms with Gasteiger partial charge in [-0.3, -0.25) is 4.90 Å². The molecule has 3 aliphatic rings. The van der Waals surface area contributed by atoms with Crippen molar-refractivity contribution in [3.63, 3.8) is 0 Å². The lowest BCUT2D eigenvalue weighted by atomic mass is 9.73. The standard InChI is InChI=1S/C17H26N2O2S/c1-5-17(13-20-11-14-2-3-14)12-19(7-4-15(17)21-8-1)10-16-18-6-9-22-16/h6,9,14-15H,1-5,7-8,10-13H2/t15-,17-/m1/s1. The van der Waals surface area contributed by atoms with Crippen LogP contribution < -0.4 is 0 Å². The fourth-order valence-electron chi connectivity index (χ4n) is 3.96. The molecule has 0 N–H and O–H groups in total. The van der Waals surface area contributed by atoms with E-state index in [9.17, 15) is 0 Å². The SMILES string of the molecule is c1csc(CN2CC[C@H]3OCCC[C@]3(COCC3CC3)C2)n1. The van der Waals surface area contributed by atoms with Gasteiger partial charge in [0.05, 0.1) is 19.3 Å². The van der Waals surface area contributed by atoms with Gasteiger partial charge in [0, 0.05) is 43.3 Å². The van der Waals surface area contributed by atoms with Crippen molar-refractivity contribution in [3.05, 3.63) is 16.6 Å². The predicted molar refractivity (Wildman–Crippen MR) is 87.0 cm³/mol. The van der Waals surface area contributed by atoms with Crippen molar-refractivity contribution >= 4 is 11.3 Å². The molecule has 2 atom stereocenters. The Bertz CT molecular complexity index is 477. The minimum Gasteiger partial charge on any atom is -0.380 e. The third-order valence-electron chi connectivity index (χ3n) is 5.35. The molecule has 3 fully saturated rings. The lowest BCUT2D eigenvalue weighted by molar-refractivity contribution is -0.154. The third-order valence-corrected chi connectivity index (χ3v) is 6.11. The van der Waals surface area contributed by atoms with E-state index < -0.39 is 0 Å². The summed E-state index contributed by atoms with van der Waals surface area (Å²) in [4.78, 5) is 7.01. The number of thiazole rings is 1. The minimum atomic E-state index is 0.211. The summed E-state index contributed by atoms with van der Waals surface area (Å²) in [6.07, 6.45) is 8.59. The van der Waals surface area contributed by atoms with Gasteiger partial charge >= 0.3 is 0 Å². The highest BCUT2D eigenvalue weighted by molar-refractivity contribution is 7.09. The second kappa shape index (κ2) is 6.56. The van der Waals surface area contributed by atoms with Crippen LogP contribution in [0, 0.1) is 11.3 Å². The number of aromatic nitrogens is 1. The van der Waals surface area contributed by atoms with Gasteiger partial charge in [0.1, 0.15) is 5.01 Å². The zero-order valence-electron chi connectivity index (χ0n) is 13.2. The van der Waals surface area contributed by atoms with E-state index >= 15 is 0 Å². The number of ether oxygens (including phenoxy) is 2. The number of nitrogens with zero attached hydrogens (tertiary/aromatic N) is 2. The highest BCUT2D eigenvalue weighted by Gasteiger charge is 2.46. The second-order valence-electron chi connectivity index (χ2n) is 7.21. The van der Waals surface area contributed by atoms with Crippen molar-refractivity contribution in [2.24, 2.45) is 11.3 Å². The lowest BCUT2D eigenvalue weighted by Gasteiger charge is -2.50. The van der Waals surface area contributed by atoms with Crippen molar-refractivity contribution in [2.75, 3.05) is 32.9 Å². The van der Waals surface area contributed by atoms with Gasteiger partial charge in [-0.15, -0.1) is 11.3 Å². The van der Waals surface area contributed by atoms with Gasteiger partial charge in [0.15, 0.2) is 0 Å². The molecule has 5 heteroatoms. The van der Waals surface area contributed by atoms with E-state index in [1.807, 2.05) is 6.20 Å². The molecule has 4 nitrogen and oxygen atoms in total. The number of hydrogen-bond acceptors (Lipinski definition) is 5. The quantitative estimate of drug-likeness (QED) is 0.806. The largest absolute Gasteiger partial charge is 0.380 e. The maximum absolute atomic E-state index is 6.12. The monoisotopic (exact) mass is 322 g/mol. The fourth-order valence-corrected chi connectivity index (χ4v) is 4.62. The van der Waals surface area contributed by atoms with Gasteiger partial charge in [-0.1, -0.05) is 0 Å². The van der Waals surface area contributed by atoms with Gasteiger partial charge in [-0.05, 0) is 38.0 Å². The molecule has 4 rings (SSSR count). The predicted octanol–water partition coefficient (Wildman–Crippen LogP) is 2.94. The van der Waals surface area contributed by atoms with Crippen LogP contribution in [0.1, 0.15) is 37.1 Å². The van der Waals surface area contributed by atoms with E-state index in [2.05, 4.69) is 15.3 Å². The molecule has 1 aromatic rings. The van der Waals surface area contributed by atoms with E-state index in [1.165, 1.54) is 30.7 Å². The molecule has 0 spiro atoms. The molecule has 122 valence electrons. The second-order valence-corrected chi connectivity index (χ2v) is 8.19. The number of fused-ring (bicyclic) bond motifs is 1. The molecule has 1 saturated carbocycles. The Balaban J connectivity index is 1.40. The zero-order valence-corrected chi connectivity index (χ0v) is 14.0. The van der Waals surface area contributed by atoms with Gasteiger partial charge < -0.3 is 9.47 Å². The first-order valence-electron chi connectivity index (χ1n) is 8.64. The van der Waals surface area contributed by atoms with Crippen LogP contribution in [0.4, 0.5) is 0 Å². The van der Waals surface area contributed by atoms with Crippen molar-refractivity contribution < 1.29 is 9.47 Å². The van der Waals surface area contributed by atoms with Crippen LogP contribution in [0.3, 0.4) is 0 Å². The normalized spacial score (nSPS) is 32.8. The van der Waals surface area contributed by atoms with Crippen molar-refractivity contribution in [1.82, 2.24) is 9.88 Å². The van der Waals surface area contributed by atoms with E-state index in [4.69, 9.17) is 9.47 Å². The smallest absolute Gasteiger partial charge is 0.107 e. The first-order valence-corrected chi connectivity index (χ1v) is 9.52. The first-order chi connectivity index (χ1) is 10.8. The van der Waals surface area contributed by atoms with Crippen LogP contribution in [0.5, 0.6) is 0 Å². The van der Waals surface area contributed by atoms with E-state index in [1.54, 1.807) is 11.3 Å². The Morgan fingerprint density at radius 1 is 1.41 bits per heavy atom. The third kappa shape index (κ3) is 3.37. The van der Waals surface area contributed by atoms with Crippen LogP contribution in [0.2, 0.25) is 0 Å². The van der Waals surface area contributed by atoms with Gasteiger partial charge in [-0.2, -0.15) is 0 Å². The van der Waals surface area contributed by atoms with Gasteiger partial charge in [-0.25, -0.2) is 4.98 Å². The molecule has 1 aromatic heterocycles. The molecule has 0 bridgehead atoms. The molecule has 0 aromatic carbocycles. The van der Waals surface area contributed by atoms with Crippen molar-refractivity contribution in [3.8, 4) is 0 Å². The molecule has 0 unspecified atom stereocenters.